The quantitative estimate of drug-likeness (QED) is 0.384. The van der Waals surface area contributed by atoms with Crippen LogP contribution in [-0.2, 0) is 20.9 Å². The number of carbonyl (C=O) groups excluding carboxylic acids is 2. The molecule has 2 heterocycles. The summed E-state index contributed by atoms with van der Waals surface area (Å²) >= 11 is 0. The number of hydrogen-bond acceptors (Lipinski definition) is 6. The lowest BCUT2D eigenvalue weighted by Gasteiger charge is -2.31. The van der Waals surface area contributed by atoms with Crippen LogP contribution in [0, 0.1) is 5.82 Å². The van der Waals surface area contributed by atoms with Crippen molar-refractivity contribution in [3.05, 3.63) is 84.4 Å². The predicted octanol–water partition coefficient (Wildman–Crippen LogP) is 2.50. The zero-order valence-electron chi connectivity index (χ0n) is 18.5. The summed E-state index contributed by atoms with van der Waals surface area (Å²) in [5, 5.41) is 11.0. The number of benzene rings is 2. The molecule has 0 aliphatic heterocycles. The maximum absolute atomic E-state index is 13.7. The van der Waals surface area contributed by atoms with E-state index in [1.807, 2.05) is 18.2 Å². The highest BCUT2D eigenvalue weighted by Gasteiger charge is 2.33. The highest BCUT2D eigenvalue weighted by molar-refractivity contribution is 6.01. The van der Waals surface area contributed by atoms with Crippen LogP contribution in [0.4, 0.5) is 10.1 Å². The van der Waals surface area contributed by atoms with E-state index >= 15 is 0 Å². The summed E-state index contributed by atoms with van der Waals surface area (Å²) in [6, 6.07) is 15.0. The molecule has 4 aromatic rings. The molecule has 10 heteroatoms. The van der Waals surface area contributed by atoms with Gasteiger partial charge < -0.3 is 10.1 Å². The van der Waals surface area contributed by atoms with Crippen molar-refractivity contribution >= 4 is 28.5 Å². The third kappa shape index (κ3) is 5.07. The van der Waals surface area contributed by atoms with Gasteiger partial charge in [-0.25, -0.2) is 9.07 Å². The molecule has 1 atom stereocenters. The number of methoxy groups -OCH3 is 1. The SMILES string of the molecule is COCCNC(=O)[C@H](c1ccncc1)N(C(=O)Cn1nnc2ccccc21)c1ccc(F)cc1. The summed E-state index contributed by atoms with van der Waals surface area (Å²) < 4.78 is 20.2. The molecule has 0 fully saturated rings. The van der Waals surface area contributed by atoms with Crippen LogP contribution in [0.3, 0.4) is 0 Å². The number of fused-ring (bicyclic) bond motifs is 1. The number of rotatable bonds is 9. The van der Waals surface area contributed by atoms with Gasteiger partial charge in [0.2, 0.25) is 11.8 Å². The molecule has 2 amide bonds. The molecule has 174 valence electrons. The molecule has 0 spiro atoms. The first-order chi connectivity index (χ1) is 16.6. The number of nitrogens with one attached hydrogen (secondary N) is 1. The second-order valence-corrected chi connectivity index (χ2v) is 7.44. The third-order valence-electron chi connectivity index (χ3n) is 5.21. The van der Waals surface area contributed by atoms with E-state index in [9.17, 15) is 14.0 Å². The maximum Gasteiger partial charge on any atom is 0.249 e. The highest BCUT2D eigenvalue weighted by atomic mass is 19.1. The van der Waals surface area contributed by atoms with Crippen molar-refractivity contribution in [1.29, 1.82) is 0 Å². The fraction of sp³-hybridized carbons (Fsp3) is 0.208. The fourth-order valence-electron chi connectivity index (χ4n) is 3.61. The van der Waals surface area contributed by atoms with Gasteiger partial charge in [-0.2, -0.15) is 0 Å². The van der Waals surface area contributed by atoms with E-state index in [1.54, 1.807) is 30.6 Å². The van der Waals surface area contributed by atoms with Crippen LogP contribution >= 0.6 is 0 Å². The molecular weight excluding hydrogens is 439 g/mol. The average Bonchev–Trinajstić information content (AvgIpc) is 3.26. The maximum atomic E-state index is 13.7. The Morgan fingerprint density at radius 3 is 2.56 bits per heavy atom. The Hall–Kier alpha value is -4.18. The molecule has 0 unspecified atom stereocenters. The molecule has 0 aliphatic carbocycles. The monoisotopic (exact) mass is 462 g/mol. The van der Waals surface area contributed by atoms with E-state index in [2.05, 4.69) is 20.6 Å². The molecule has 4 rings (SSSR count). The Morgan fingerprint density at radius 1 is 1.09 bits per heavy atom. The van der Waals surface area contributed by atoms with Gasteiger partial charge in [0, 0.05) is 31.7 Å². The average molecular weight is 462 g/mol. The molecule has 2 aromatic carbocycles. The number of hydrogen-bond donors (Lipinski definition) is 1. The number of pyridine rings is 1. The van der Waals surface area contributed by atoms with Gasteiger partial charge in [0.25, 0.3) is 0 Å². The van der Waals surface area contributed by atoms with Gasteiger partial charge in [0.1, 0.15) is 23.9 Å². The fourth-order valence-corrected chi connectivity index (χ4v) is 3.61. The van der Waals surface area contributed by atoms with Gasteiger partial charge in [-0.3, -0.25) is 19.5 Å². The lowest BCUT2D eigenvalue weighted by atomic mass is 10.0. The lowest BCUT2D eigenvalue weighted by molar-refractivity contribution is -0.127. The smallest absolute Gasteiger partial charge is 0.249 e. The Balaban J connectivity index is 1.75. The van der Waals surface area contributed by atoms with Crippen molar-refractivity contribution in [2.24, 2.45) is 0 Å². The van der Waals surface area contributed by atoms with E-state index in [4.69, 9.17) is 4.74 Å². The van der Waals surface area contributed by atoms with Gasteiger partial charge >= 0.3 is 0 Å². The van der Waals surface area contributed by atoms with Crippen molar-refractivity contribution in [3.8, 4) is 0 Å². The second-order valence-electron chi connectivity index (χ2n) is 7.44. The minimum absolute atomic E-state index is 0.176. The number of aromatic nitrogens is 4. The van der Waals surface area contributed by atoms with E-state index < -0.39 is 23.7 Å². The zero-order valence-corrected chi connectivity index (χ0v) is 18.5. The molecule has 34 heavy (non-hydrogen) atoms. The summed E-state index contributed by atoms with van der Waals surface area (Å²) in [4.78, 5) is 32.4. The van der Waals surface area contributed by atoms with Gasteiger partial charge in [-0.15, -0.1) is 5.10 Å². The third-order valence-corrected chi connectivity index (χ3v) is 5.21. The van der Waals surface area contributed by atoms with Crippen LogP contribution < -0.4 is 10.2 Å². The van der Waals surface area contributed by atoms with Crippen LogP contribution in [0.2, 0.25) is 0 Å². The minimum atomic E-state index is -1.03. The van der Waals surface area contributed by atoms with E-state index in [0.29, 0.717) is 28.9 Å². The predicted molar refractivity (Wildman–Crippen MR) is 123 cm³/mol. The Labute approximate surface area is 195 Å². The molecule has 0 saturated heterocycles. The van der Waals surface area contributed by atoms with Crippen LogP contribution in [0.5, 0.6) is 0 Å². The standard InChI is InChI=1S/C24H23FN6O3/c1-34-15-14-27-24(33)23(17-10-12-26-13-11-17)31(19-8-6-18(25)7-9-19)22(32)16-30-21-5-3-2-4-20(21)28-29-30/h2-13,23H,14-16H2,1H3,(H,27,33)/t23-/m0/s1. The number of nitrogens with zero attached hydrogens (tertiary/aromatic N) is 5. The highest BCUT2D eigenvalue weighted by Crippen LogP contribution is 2.28. The summed E-state index contributed by atoms with van der Waals surface area (Å²) in [6.45, 7) is 0.394. The normalized spacial score (nSPS) is 11.8. The van der Waals surface area contributed by atoms with Crippen molar-refractivity contribution in [2.45, 2.75) is 12.6 Å². The van der Waals surface area contributed by atoms with Gasteiger partial charge in [-0.1, -0.05) is 17.3 Å². The second kappa shape index (κ2) is 10.6. The largest absolute Gasteiger partial charge is 0.383 e. The number of ether oxygens (including phenoxy) is 1. The summed E-state index contributed by atoms with van der Waals surface area (Å²) in [6.07, 6.45) is 3.09. The van der Waals surface area contributed by atoms with Crippen LogP contribution in [0.25, 0.3) is 11.0 Å². The summed E-state index contributed by atoms with van der Waals surface area (Å²) in [5.41, 5.74) is 2.23. The first-order valence-electron chi connectivity index (χ1n) is 10.6. The van der Waals surface area contributed by atoms with E-state index in [1.165, 1.54) is 41.0 Å². The topological polar surface area (TPSA) is 102 Å². The van der Waals surface area contributed by atoms with Crippen LogP contribution in [0.1, 0.15) is 11.6 Å². The number of para-hydroxylation sites is 1. The molecule has 2 aromatic heterocycles. The Bertz CT molecular complexity index is 1260. The Kier molecular flexibility index (Phi) is 7.19. The molecule has 1 N–H and O–H groups in total. The summed E-state index contributed by atoms with van der Waals surface area (Å²) in [7, 11) is 1.53. The number of carbonyl (C=O) groups is 2. The summed E-state index contributed by atoms with van der Waals surface area (Å²) in [5.74, 6) is -1.29. The molecule has 0 aliphatic rings. The first kappa shape index (κ1) is 23.0. The van der Waals surface area contributed by atoms with Crippen molar-refractivity contribution in [2.75, 3.05) is 25.2 Å². The van der Waals surface area contributed by atoms with Gasteiger partial charge in [-0.05, 0) is 54.1 Å². The van der Waals surface area contributed by atoms with Gasteiger partial charge in [0.15, 0.2) is 0 Å². The molecule has 9 nitrogen and oxygen atoms in total. The number of anilines is 1. The molecule has 0 bridgehead atoms. The molecular formula is C24H23FN6O3. The van der Waals surface area contributed by atoms with Crippen LogP contribution in [-0.4, -0.2) is 52.1 Å². The molecule has 0 radical (unpaired) electrons. The first-order valence-corrected chi connectivity index (χ1v) is 10.6. The Morgan fingerprint density at radius 2 is 1.82 bits per heavy atom. The van der Waals surface area contributed by atoms with Crippen LogP contribution in [0.15, 0.2) is 73.1 Å². The van der Waals surface area contributed by atoms with E-state index in [-0.39, 0.29) is 13.1 Å². The van der Waals surface area contributed by atoms with Crippen molar-refractivity contribution in [3.63, 3.8) is 0 Å². The van der Waals surface area contributed by atoms with E-state index in [0.717, 1.165) is 0 Å². The number of halogens is 1. The zero-order chi connectivity index (χ0) is 23.9. The van der Waals surface area contributed by atoms with Crippen molar-refractivity contribution in [1.82, 2.24) is 25.3 Å². The van der Waals surface area contributed by atoms with Gasteiger partial charge in [0.05, 0.1) is 12.1 Å². The molecule has 0 saturated carbocycles. The minimum Gasteiger partial charge on any atom is -0.383 e. The van der Waals surface area contributed by atoms with Crippen molar-refractivity contribution < 1.29 is 18.7 Å². The lowest BCUT2D eigenvalue weighted by Crippen LogP contribution is -2.46. The number of amides is 2.